The van der Waals surface area contributed by atoms with Crippen molar-refractivity contribution in [2.75, 3.05) is 7.11 Å². The number of halogens is 1. The van der Waals surface area contributed by atoms with Crippen molar-refractivity contribution in [1.29, 1.82) is 0 Å². The molecule has 0 amide bonds. The summed E-state index contributed by atoms with van der Waals surface area (Å²) in [6, 6.07) is 0. The minimum Gasteiger partial charge on any atom is -0.464 e. The third-order valence-corrected chi connectivity index (χ3v) is 9.00. The number of aliphatic hydroxyl groups is 1. The van der Waals surface area contributed by atoms with Crippen LogP contribution >= 0.6 is 45.3 Å². The minimum absolute atomic E-state index is 0.00648. The molecule has 0 saturated heterocycles. The number of nitrogens with zero attached hydrogens (tertiary/aromatic N) is 4. The molecule has 35 heavy (non-hydrogen) atoms. The molecule has 188 valence electrons. The normalized spacial score (nSPS) is 13.0. The Balaban J connectivity index is 0.000000198. The van der Waals surface area contributed by atoms with Crippen molar-refractivity contribution in [3.8, 4) is 20.0 Å². The molecule has 0 aromatic carbocycles. The number of aromatic nitrogens is 4. The molecule has 2 atom stereocenters. The zero-order chi connectivity index (χ0) is 25.7. The van der Waals surface area contributed by atoms with Crippen molar-refractivity contribution < 1.29 is 19.0 Å². The summed E-state index contributed by atoms with van der Waals surface area (Å²) in [5.41, 5.74) is 0.968. The number of esters is 1. The smallest absolute Gasteiger partial charge is 0.357 e. The summed E-state index contributed by atoms with van der Waals surface area (Å²) in [6.07, 6.45) is 1.76. The zero-order valence-corrected chi connectivity index (χ0v) is 23.4. The Morgan fingerprint density at radius 2 is 1.46 bits per heavy atom. The summed E-state index contributed by atoms with van der Waals surface area (Å²) in [5, 5.41) is 17.0. The monoisotopic (exact) mass is 554 g/mol. The van der Waals surface area contributed by atoms with Gasteiger partial charge in [0.2, 0.25) is 0 Å². The highest BCUT2D eigenvalue weighted by molar-refractivity contribution is 7.21. The average Bonchev–Trinajstić information content (AvgIpc) is 3.63. The number of rotatable bonds is 7. The fourth-order valence-electron chi connectivity index (χ4n) is 2.89. The molecule has 0 fully saturated rings. The Hall–Kier alpha value is -2.12. The summed E-state index contributed by atoms with van der Waals surface area (Å²) < 4.78 is 18.6. The molecular formula is C23H27FN4O3S4. The van der Waals surface area contributed by atoms with E-state index in [0.717, 1.165) is 25.6 Å². The maximum absolute atomic E-state index is 13.9. The van der Waals surface area contributed by atoms with E-state index < -0.39 is 18.2 Å². The number of ether oxygens (including phenoxy) is 1. The van der Waals surface area contributed by atoms with Crippen molar-refractivity contribution in [2.24, 2.45) is 11.8 Å². The maximum atomic E-state index is 13.9. The molecule has 12 heteroatoms. The highest BCUT2D eigenvalue weighted by atomic mass is 32.1. The van der Waals surface area contributed by atoms with Crippen LogP contribution in [0.4, 0.5) is 4.39 Å². The molecule has 4 aromatic rings. The van der Waals surface area contributed by atoms with E-state index >= 15 is 0 Å². The molecule has 1 N–H and O–H groups in total. The summed E-state index contributed by atoms with van der Waals surface area (Å²) in [4.78, 5) is 30.0. The van der Waals surface area contributed by atoms with Gasteiger partial charge < -0.3 is 9.84 Å². The molecule has 0 spiro atoms. The number of hydrogen-bond donors (Lipinski definition) is 1. The summed E-state index contributed by atoms with van der Waals surface area (Å²) in [5.74, 6) is -0.551. The van der Waals surface area contributed by atoms with Crippen LogP contribution in [0.25, 0.3) is 20.0 Å². The molecular weight excluding hydrogens is 528 g/mol. The maximum Gasteiger partial charge on any atom is 0.357 e. The van der Waals surface area contributed by atoms with Gasteiger partial charge >= 0.3 is 5.97 Å². The van der Waals surface area contributed by atoms with Gasteiger partial charge in [-0.2, -0.15) is 0 Å². The third kappa shape index (κ3) is 6.56. The van der Waals surface area contributed by atoms with Crippen LogP contribution in [0.3, 0.4) is 0 Å². The predicted octanol–water partition coefficient (Wildman–Crippen LogP) is 6.98. The number of alkyl halides is 1. The van der Waals surface area contributed by atoms with Crippen LogP contribution in [0, 0.1) is 18.8 Å². The van der Waals surface area contributed by atoms with Crippen LogP contribution in [0.5, 0.6) is 0 Å². The molecule has 4 rings (SSSR count). The van der Waals surface area contributed by atoms with Crippen LogP contribution in [0.2, 0.25) is 0 Å². The van der Waals surface area contributed by atoms with Crippen LogP contribution in [-0.4, -0.2) is 38.1 Å². The van der Waals surface area contributed by atoms with E-state index in [1.165, 1.54) is 52.5 Å². The van der Waals surface area contributed by atoms with E-state index in [-0.39, 0.29) is 17.5 Å². The first-order valence-corrected chi connectivity index (χ1v) is 14.2. The van der Waals surface area contributed by atoms with Crippen molar-refractivity contribution in [2.45, 2.75) is 46.9 Å². The van der Waals surface area contributed by atoms with Crippen molar-refractivity contribution in [1.82, 2.24) is 19.9 Å². The first-order chi connectivity index (χ1) is 16.6. The van der Waals surface area contributed by atoms with Crippen molar-refractivity contribution in [3.05, 3.63) is 44.3 Å². The molecule has 0 radical (unpaired) electrons. The largest absolute Gasteiger partial charge is 0.464 e. The molecule has 2 unspecified atom stereocenters. The number of carbonyl (C=O) groups is 1. The summed E-state index contributed by atoms with van der Waals surface area (Å²) >= 11 is 5.67. The van der Waals surface area contributed by atoms with Crippen LogP contribution in [-0.2, 0) is 4.74 Å². The lowest BCUT2D eigenvalue weighted by atomic mass is 10.1. The molecule has 4 aromatic heterocycles. The molecule has 4 heterocycles. The average molecular weight is 555 g/mol. The van der Waals surface area contributed by atoms with Crippen LogP contribution in [0.1, 0.15) is 65.9 Å². The number of aliphatic hydroxyl groups excluding tert-OH is 1. The summed E-state index contributed by atoms with van der Waals surface area (Å²) in [7, 11) is 1.30. The van der Waals surface area contributed by atoms with Gasteiger partial charge in [0.25, 0.3) is 0 Å². The van der Waals surface area contributed by atoms with Gasteiger partial charge in [0.1, 0.15) is 6.17 Å². The quantitative estimate of drug-likeness (QED) is 0.246. The van der Waals surface area contributed by atoms with Gasteiger partial charge in [0.05, 0.1) is 28.7 Å². The lowest BCUT2D eigenvalue weighted by Gasteiger charge is -2.12. The predicted molar refractivity (Wildman–Crippen MR) is 141 cm³/mol. The molecule has 7 nitrogen and oxygen atoms in total. The first-order valence-electron chi connectivity index (χ1n) is 10.8. The zero-order valence-electron chi connectivity index (χ0n) is 20.2. The highest BCUT2D eigenvalue weighted by Crippen LogP contribution is 2.38. The molecule has 0 saturated carbocycles. The molecule has 0 aliphatic heterocycles. The number of carbonyl (C=O) groups excluding carboxylic acids is 1. The molecule has 0 bridgehead atoms. The second-order valence-electron chi connectivity index (χ2n) is 8.20. The Morgan fingerprint density at radius 1 is 0.914 bits per heavy atom. The van der Waals surface area contributed by atoms with Gasteiger partial charge in [-0.25, -0.2) is 29.1 Å². The Bertz CT molecular complexity index is 1220. The van der Waals surface area contributed by atoms with Gasteiger partial charge in [0, 0.05) is 23.2 Å². The minimum atomic E-state index is -0.925. The standard InChI is InChI=1S/C12H14N2O3S2.C11H13FN2S2/c1-6(2)8(15)9-7(12(16)17-3)14-11(19-9)10-13-4-5-18-10;1-6(2)8(12)9-7(3)14-11(16-9)10-13-4-5-15-10/h4-6,8,15H,1-3H3;4-6,8H,1-3H3. The number of hydrogen-bond acceptors (Lipinski definition) is 11. The summed E-state index contributed by atoms with van der Waals surface area (Å²) in [6.45, 7) is 9.39. The first kappa shape index (κ1) is 27.5. The van der Waals surface area contributed by atoms with Gasteiger partial charge in [-0.1, -0.05) is 27.7 Å². The van der Waals surface area contributed by atoms with Gasteiger partial charge in [-0.05, 0) is 18.8 Å². The van der Waals surface area contributed by atoms with Crippen LogP contribution in [0.15, 0.2) is 23.2 Å². The van der Waals surface area contributed by atoms with E-state index in [1.807, 2.05) is 45.4 Å². The Labute approximate surface area is 219 Å². The van der Waals surface area contributed by atoms with E-state index in [0.29, 0.717) is 9.88 Å². The second kappa shape index (κ2) is 12.2. The lowest BCUT2D eigenvalue weighted by Crippen LogP contribution is -2.11. The van der Waals surface area contributed by atoms with E-state index in [4.69, 9.17) is 4.74 Å². The lowest BCUT2D eigenvalue weighted by molar-refractivity contribution is 0.0583. The molecule has 0 aliphatic rings. The Kier molecular flexibility index (Phi) is 9.59. The SMILES string of the molecule is COC(=O)c1nc(-c2nccs2)sc1C(O)C(C)C.Cc1nc(-c2nccs2)sc1C(F)C(C)C. The van der Waals surface area contributed by atoms with Crippen molar-refractivity contribution in [3.63, 3.8) is 0 Å². The fourth-order valence-corrected chi connectivity index (χ4v) is 6.68. The van der Waals surface area contributed by atoms with E-state index in [2.05, 4.69) is 19.9 Å². The van der Waals surface area contributed by atoms with Gasteiger partial charge in [-0.3, -0.25) is 0 Å². The fraction of sp³-hybridized carbons (Fsp3) is 0.435. The van der Waals surface area contributed by atoms with Gasteiger partial charge in [0.15, 0.2) is 25.7 Å². The third-order valence-electron chi connectivity index (χ3n) is 4.83. The van der Waals surface area contributed by atoms with Crippen molar-refractivity contribution >= 4 is 51.3 Å². The molecule has 0 aliphatic carbocycles. The number of aryl methyl sites for hydroxylation is 1. The highest BCUT2D eigenvalue weighted by Gasteiger charge is 2.27. The van der Waals surface area contributed by atoms with E-state index in [1.54, 1.807) is 12.4 Å². The van der Waals surface area contributed by atoms with E-state index in [9.17, 15) is 14.3 Å². The second-order valence-corrected chi connectivity index (χ2v) is 12.1. The number of thiazole rings is 4. The Morgan fingerprint density at radius 3 is 1.91 bits per heavy atom. The van der Waals surface area contributed by atoms with Gasteiger partial charge in [-0.15, -0.1) is 45.3 Å². The topological polar surface area (TPSA) is 98.1 Å². The number of methoxy groups -OCH3 is 1. The van der Waals surface area contributed by atoms with Crippen LogP contribution < -0.4 is 0 Å².